The van der Waals surface area contributed by atoms with Crippen molar-refractivity contribution >= 4 is 19.9 Å². The Kier molecular flexibility index (Phi) is 7.89. The van der Waals surface area contributed by atoms with E-state index in [1.807, 2.05) is 11.5 Å². The second kappa shape index (κ2) is 10.9. The summed E-state index contributed by atoms with van der Waals surface area (Å²) in [6, 6.07) is 4.79. The van der Waals surface area contributed by atoms with Gasteiger partial charge in [-0.3, -0.25) is 14.3 Å². The lowest BCUT2D eigenvalue weighted by atomic mass is 9.90. The summed E-state index contributed by atoms with van der Waals surface area (Å²) in [4.78, 5) is 15.2. The highest BCUT2D eigenvalue weighted by Crippen LogP contribution is 2.30. The van der Waals surface area contributed by atoms with E-state index in [-0.39, 0.29) is 18.6 Å². The minimum absolute atomic E-state index is 0.113. The average Bonchev–Trinajstić information content (AvgIpc) is 3.23. The Morgan fingerprint density at radius 2 is 1.89 bits per heavy atom. The number of rotatable bonds is 9. The maximum Gasteiger partial charge on any atom is 0.236 e. The van der Waals surface area contributed by atoms with Gasteiger partial charge in [-0.05, 0) is 49.4 Å². The lowest BCUT2D eigenvalue weighted by Gasteiger charge is -2.32. The molecule has 0 radical (unpaired) electrons. The molecule has 0 bridgehead atoms. The van der Waals surface area contributed by atoms with Crippen LogP contribution < -0.4 is 4.90 Å². The smallest absolute Gasteiger partial charge is 0.236 e. The minimum atomic E-state index is -1.28. The maximum absolute atomic E-state index is 13.7. The molecule has 1 aliphatic rings. The molecule has 0 saturated carbocycles. The summed E-state index contributed by atoms with van der Waals surface area (Å²) in [5.41, 5.74) is 2.23. The number of nitrogens with zero attached hydrogens (tertiary/aromatic N) is 6. The second-order valence-corrected chi connectivity index (χ2v) is 16.1. The fourth-order valence-corrected chi connectivity index (χ4v) is 5.01. The summed E-state index contributed by atoms with van der Waals surface area (Å²) in [6.45, 7) is 10.1. The van der Waals surface area contributed by atoms with E-state index >= 15 is 0 Å². The van der Waals surface area contributed by atoms with E-state index in [1.165, 1.54) is 6.07 Å². The van der Waals surface area contributed by atoms with Crippen LogP contribution in [-0.4, -0.2) is 52.1 Å². The van der Waals surface area contributed by atoms with E-state index in [2.05, 4.69) is 40.0 Å². The Morgan fingerprint density at radius 1 is 1.11 bits per heavy atom. The van der Waals surface area contributed by atoms with Crippen molar-refractivity contribution in [2.45, 2.75) is 58.6 Å². The number of aryl methyl sites for hydroxylation is 1. The molecule has 1 unspecified atom stereocenters. The molecule has 0 N–H and O–H groups in total. The molecule has 193 valence electrons. The van der Waals surface area contributed by atoms with Gasteiger partial charge < -0.3 is 4.74 Å². The Morgan fingerprint density at radius 3 is 2.61 bits per heavy atom. The van der Waals surface area contributed by atoms with Crippen LogP contribution in [0.3, 0.4) is 0 Å². The summed E-state index contributed by atoms with van der Waals surface area (Å²) >= 11 is 0. The third-order valence-electron chi connectivity index (χ3n) is 6.38. The normalized spacial score (nSPS) is 16.6. The summed E-state index contributed by atoms with van der Waals surface area (Å²) in [5, 5.41) is 16.7. The fraction of sp³-hybridized carbons (Fsp3) is 0.480. The first-order valence-corrected chi connectivity index (χ1v) is 15.9. The first-order chi connectivity index (χ1) is 17.1. The standard InChI is InChI=1S/C25H32F2N6O2Si/c1-17-14-28-29-15-20(17)23-30-31-25(33(23)16-35-10-11-36(2,3)4)32-9-5-6-19(24(32)34)12-18-7-8-21(26)22(27)13-18/h7-8,13-15,19H,5-6,9-12,16H2,1-4H3/q-1. The molecular formula is C25H32F2N6O2Si-. The van der Waals surface area contributed by atoms with Crippen LogP contribution >= 0.6 is 0 Å². The molecule has 11 heteroatoms. The van der Waals surface area contributed by atoms with Gasteiger partial charge in [0.1, 0.15) is 6.73 Å². The quantitative estimate of drug-likeness (QED) is 0.306. The topological polar surface area (TPSA) is 86.0 Å². The van der Waals surface area contributed by atoms with Gasteiger partial charge in [-0.2, -0.15) is 29.8 Å². The molecule has 1 aliphatic heterocycles. The fourth-order valence-electron chi connectivity index (χ4n) is 4.25. The molecule has 8 nitrogen and oxygen atoms in total. The van der Waals surface area contributed by atoms with Crippen molar-refractivity contribution in [1.82, 2.24) is 25.0 Å². The first kappa shape index (κ1) is 26.0. The predicted molar refractivity (Wildman–Crippen MR) is 135 cm³/mol. The lowest BCUT2D eigenvalue weighted by molar-refractivity contribution is -0.123. The summed E-state index contributed by atoms with van der Waals surface area (Å²) in [6.07, 6.45) is 5.03. The molecule has 4 rings (SSSR count). The zero-order valence-electron chi connectivity index (χ0n) is 21.2. The number of aromatic nitrogens is 5. The zero-order chi connectivity index (χ0) is 25.9. The monoisotopic (exact) mass is 514 g/mol. The number of anilines is 1. The van der Waals surface area contributed by atoms with Crippen LogP contribution in [0.1, 0.15) is 24.0 Å². The van der Waals surface area contributed by atoms with Gasteiger partial charge in [0.15, 0.2) is 17.5 Å². The molecule has 1 aromatic carbocycles. The van der Waals surface area contributed by atoms with Crippen LogP contribution in [0.15, 0.2) is 30.6 Å². The molecule has 0 spiro atoms. The van der Waals surface area contributed by atoms with Crippen LogP contribution in [0.2, 0.25) is 25.7 Å². The van der Waals surface area contributed by atoms with Crippen molar-refractivity contribution in [1.29, 1.82) is 0 Å². The van der Waals surface area contributed by atoms with Gasteiger partial charge in [0, 0.05) is 24.6 Å². The van der Waals surface area contributed by atoms with E-state index in [0.717, 1.165) is 35.7 Å². The van der Waals surface area contributed by atoms with Gasteiger partial charge in [-0.1, -0.05) is 6.07 Å². The number of ether oxygens (including phenoxy) is 1. The SMILES string of the molecule is Cc1cnncc1-c1nnc(N2CCCC(Cc3ccc(F)c(F)c3)C2=O)n1COCC[Si-](C)(C)C. The molecule has 0 aliphatic carbocycles. The highest BCUT2D eigenvalue weighted by molar-refractivity contribution is 6.76. The lowest BCUT2D eigenvalue weighted by Crippen LogP contribution is -2.43. The predicted octanol–water partition coefficient (Wildman–Crippen LogP) is 4.62. The van der Waals surface area contributed by atoms with Gasteiger partial charge in [0.2, 0.25) is 11.9 Å². The van der Waals surface area contributed by atoms with Crippen LogP contribution in [0.4, 0.5) is 14.7 Å². The Bertz CT molecular complexity index is 1230. The number of hydrogen-bond donors (Lipinski definition) is 0. The number of amides is 1. The van der Waals surface area contributed by atoms with Crippen molar-refractivity contribution in [3.05, 3.63) is 53.4 Å². The molecule has 1 amide bonds. The zero-order valence-corrected chi connectivity index (χ0v) is 22.2. The van der Waals surface area contributed by atoms with Gasteiger partial charge >= 0.3 is 0 Å². The molecule has 2 aromatic heterocycles. The van der Waals surface area contributed by atoms with Crippen molar-refractivity contribution in [3.63, 3.8) is 0 Å². The Hall–Kier alpha value is -3.05. The van der Waals surface area contributed by atoms with Crippen molar-refractivity contribution in [2.24, 2.45) is 5.92 Å². The molecule has 36 heavy (non-hydrogen) atoms. The van der Waals surface area contributed by atoms with E-state index < -0.39 is 19.7 Å². The number of halogens is 2. The van der Waals surface area contributed by atoms with Gasteiger partial charge in [-0.15, -0.1) is 24.3 Å². The molecule has 3 heterocycles. The summed E-state index contributed by atoms with van der Waals surface area (Å²) in [7, 11) is -1.28. The number of benzene rings is 1. The number of hydrogen-bond acceptors (Lipinski definition) is 6. The van der Waals surface area contributed by atoms with E-state index in [1.54, 1.807) is 17.3 Å². The Labute approximate surface area is 210 Å². The highest BCUT2D eigenvalue weighted by Gasteiger charge is 2.33. The molecule has 1 saturated heterocycles. The molecular weight excluding hydrogens is 482 g/mol. The van der Waals surface area contributed by atoms with E-state index in [4.69, 9.17) is 4.74 Å². The largest absolute Gasteiger partial charge is 0.364 e. The molecule has 1 fully saturated rings. The molecule has 3 aromatic rings. The van der Waals surface area contributed by atoms with Gasteiger partial charge in [-0.25, -0.2) is 8.78 Å². The minimum Gasteiger partial charge on any atom is -0.364 e. The van der Waals surface area contributed by atoms with Gasteiger partial charge in [0.05, 0.1) is 12.4 Å². The second-order valence-electron chi connectivity index (χ2n) is 10.5. The van der Waals surface area contributed by atoms with Crippen LogP contribution in [-0.2, 0) is 22.7 Å². The van der Waals surface area contributed by atoms with E-state index in [9.17, 15) is 13.6 Å². The van der Waals surface area contributed by atoms with Gasteiger partial charge in [0.25, 0.3) is 0 Å². The van der Waals surface area contributed by atoms with Crippen LogP contribution in [0, 0.1) is 24.5 Å². The van der Waals surface area contributed by atoms with Crippen molar-refractivity contribution in [2.75, 3.05) is 18.1 Å². The van der Waals surface area contributed by atoms with Crippen LogP contribution in [0.25, 0.3) is 11.4 Å². The van der Waals surface area contributed by atoms with Crippen molar-refractivity contribution < 1.29 is 18.3 Å². The van der Waals surface area contributed by atoms with Crippen LogP contribution in [0.5, 0.6) is 0 Å². The number of carbonyl (C=O) groups is 1. The first-order valence-electron chi connectivity index (χ1n) is 12.2. The summed E-state index contributed by atoms with van der Waals surface area (Å²) < 4.78 is 34.9. The molecule has 1 atom stereocenters. The number of piperidine rings is 1. The Balaban J connectivity index is 1.60. The third-order valence-corrected chi connectivity index (χ3v) is 8.08. The highest BCUT2D eigenvalue weighted by atomic mass is 28.3. The third kappa shape index (κ3) is 6.01. The van der Waals surface area contributed by atoms with E-state index in [0.29, 0.717) is 43.3 Å². The summed E-state index contributed by atoms with van der Waals surface area (Å²) in [5.74, 6) is -1.32. The maximum atomic E-state index is 13.7. The number of carbonyl (C=O) groups excluding carboxylic acids is 1. The average molecular weight is 515 g/mol. The van der Waals surface area contributed by atoms with Crippen molar-refractivity contribution in [3.8, 4) is 11.4 Å².